The van der Waals surface area contributed by atoms with E-state index in [1.165, 1.54) is 0 Å². The number of carbonyl (C=O) groups is 1. The fourth-order valence-corrected chi connectivity index (χ4v) is 2.56. The van der Waals surface area contributed by atoms with E-state index in [2.05, 4.69) is 46.5 Å². The lowest BCUT2D eigenvalue weighted by Gasteiger charge is -2.26. The molecule has 0 radical (unpaired) electrons. The Bertz CT molecular complexity index is 606. The van der Waals surface area contributed by atoms with Crippen LogP contribution in [0.5, 0.6) is 0 Å². The Labute approximate surface area is 150 Å². The second kappa shape index (κ2) is 8.82. The lowest BCUT2D eigenvalue weighted by Crippen LogP contribution is -2.48. The van der Waals surface area contributed by atoms with Gasteiger partial charge in [-0.15, -0.1) is 0 Å². The third-order valence-corrected chi connectivity index (χ3v) is 4.11. The molecule has 1 atom stereocenters. The van der Waals surface area contributed by atoms with Gasteiger partial charge in [0, 0.05) is 39.5 Å². The van der Waals surface area contributed by atoms with E-state index in [0.717, 1.165) is 44.0 Å². The number of aryl methyl sites for hydroxylation is 2. The van der Waals surface area contributed by atoms with Gasteiger partial charge in [-0.05, 0) is 12.3 Å². The van der Waals surface area contributed by atoms with Gasteiger partial charge in [-0.2, -0.15) is 5.10 Å². The average molecular weight is 349 g/mol. The zero-order valence-electron chi connectivity index (χ0n) is 16.0. The van der Waals surface area contributed by atoms with E-state index in [1.807, 2.05) is 4.68 Å². The number of nitrogens with one attached hydrogen (secondary N) is 2. The SMILES string of the molecule is CCc1nc2n(n1)CC(NC(=NCC(=O)N(C)C)NCC(C)C)CC2. The van der Waals surface area contributed by atoms with Crippen molar-refractivity contribution in [2.75, 3.05) is 27.2 Å². The summed E-state index contributed by atoms with van der Waals surface area (Å²) in [6, 6.07) is 0.228. The van der Waals surface area contributed by atoms with Crippen molar-refractivity contribution in [1.82, 2.24) is 30.3 Å². The Kier molecular flexibility index (Phi) is 6.78. The van der Waals surface area contributed by atoms with Gasteiger partial charge in [-0.25, -0.2) is 14.7 Å². The minimum atomic E-state index is -0.0135. The Morgan fingerprint density at radius 1 is 1.44 bits per heavy atom. The van der Waals surface area contributed by atoms with Crippen LogP contribution in [-0.2, 0) is 24.2 Å². The fourth-order valence-electron chi connectivity index (χ4n) is 2.56. The van der Waals surface area contributed by atoms with E-state index in [9.17, 15) is 4.79 Å². The van der Waals surface area contributed by atoms with Crippen molar-refractivity contribution in [3.8, 4) is 0 Å². The van der Waals surface area contributed by atoms with Gasteiger partial charge in [-0.3, -0.25) is 4.79 Å². The molecule has 1 aliphatic heterocycles. The van der Waals surface area contributed by atoms with E-state index in [4.69, 9.17) is 0 Å². The third kappa shape index (κ3) is 5.72. The number of fused-ring (bicyclic) bond motifs is 1. The molecule has 8 heteroatoms. The zero-order chi connectivity index (χ0) is 18.4. The molecule has 8 nitrogen and oxygen atoms in total. The second-order valence-corrected chi connectivity index (χ2v) is 7.09. The van der Waals surface area contributed by atoms with Crippen molar-refractivity contribution < 1.29 is 4.79 Å². The van der Waals surface area contributed by atoms with E-state index >= 15 is 0 Å². The first-order valence-corrected chi connectivity index (χ1v) is 9.06. The van der Waals surface area contributed by atoms with Crippen LogP contribution >= 0.6 is 0 Å². The van der Waals surface area contributed by atoms with Crippen LogP contribution in [-0.4, -0.2) is 64.8 Å². The van der Waals surface area contributed by atoms with Crippen molar-refractivity contribution in [1.29, 1.82) is 0 Å². The number of nitrogens with zero attached hydrogens (tertiary/aromatic N) is 5. The number of likely N-dealkylation sites (N-methyl/N-ethyl adjacent to an activating group) is 1. The van der Waals surface area contributed by atoms with E-state index in [-0.39, 0.29) is 18.5 Å². The van der Waals surface area contributed by atoms with Crippen LogP contribution in [0.25, 0.3) is 0 Å². The molecule has 1 aliphatic rings. The van der Waals surface area contributed by atoms with Crippen molar-refractivity contribution in [2.45, 2.75) is 52.6 Å². The Hall–Kier alpha value is -2.12. The number of rotatable bonds is 6. The Balaban J connectivity index is 2.00. The molecule has 0 saturated heterocycles. The summed E-state index contributed by atoms with van der Waals surface area (Å²) in [6.07, 6.45) is 2.73. The van der Waals surface area contributed by atoms with Crippen molar-refractivity contribution >= 4 is 11.9 Å². The van der Waals surface area contributed by atoms with Crippen LogP contribution in [0.15, 0.2) is 4.99 Å². The maximum atomic E-state index is 11.8. The van der Waals surface area contributed by atoms with Crippen molar-refractivity contribution in [3.63, 3.8) is 0 Å². The molecule has 0 aliphatic carbocycles. The minimum Gasteiger partial charge on any atom is -0.356 e. The van der Waals surface area contributed by atoms with Gasteiger partial charge < -0.3 is 15.5 Å². The molecule has 1 aromatic rings. The lowest BCUT2D eigenvalue weighted by atomic mass is 10.1. The van der Waals surface area contributed by atoms with Crippen molar-refractivity contribution in [3.05, 3.63) is 11.6 Å². The van der Waals surface area contributed by atoms with Crippen LogP contribution in [0.4, 0.5) is 0 Å². The van der Waals surface area contributed by atoms with Gasteiger partial charge in [0.2, 0.25) is 5.91 Å². The maximum absolute atomic E-state index is 11.8. The van der Waals surface area contributed by atoms with Gasteiger partial charge in [0.15, 0.2) is 11.8 Å². The molecule has 1 amide bonds. The maximum Gasteiger partial charge on any atom is 0.243 e. The van der Waals surface area contributed by atoms with Gasteiger partial charge in [0.1, 0.15) is 12.4 Å². The summed E-state index contributed by atoms with van der Waals surface area (Å²) >= 11 is 0. The van der Waals surface area contributed by atoms with Gasteiger partial charge in [0.05, 0.1) is 6.54 Å². The van der Waals surface area contributed by atoms with E-state index in [1.54, 1.807) is 19.0 Å². The van der Waals surface area contributed by atoms with Crippen molar-refractivity contribution in [2.24, 2.45) is 10.9 Å². The number of guanidine groups is 1. The number of amides is 1. The van der Waals surface area contributed by atoms with Crippen LogP contribution in [0.3, 0.4) is 0 Å². The monoisotopic (exact) mass is 349 g/mol. The quantitative estimate of drug-likeness (QED) is 0.575. The average Bonchev–Trinajstić information content (AvgIpc) is 2.99. The largest absolute Gasteiger partial charge is 0.356 e. The lowest BCUT2D eigenvalue weighted by molar-refractivity contribution is -0.127. The molecule has 2 rings (SSSR count). The summed E-state index contributed by atoms with van der Waals surface area (Å²) in [6.45, 7) is 8.07. The van der Waals surface area contributed by atoms with Gasteiger partial charge in [-0.1, -0.05) is 20.8 Å². The molecule has 0 aromatic carbocycles. The Morgan fingerprint density at radius 2 is 2.20 bits per heavy atom. The molecule has 0 fully saturated rings. The first kappa shape index (κ1) is 19.2. The Morgan fingerprint density at radius 3 is 2.84 bits per heavy atom. The summed E-state index contributed by atoms with van der Waals surface area (Å²) in [5, 5.41) is 11.3. The smallest absolute Gasteiger partial charge is 0.243 e. The van der Waals surface area contributed by atoms with Crippen LogP contribution in [0.1, 0.15) is 38.8 Å². The van der Waals surface area contributed by atoms with Crippen LogP contribution < -0.4 is 10.6 Å². The molecule has 2 heterocycles. The predicted octanol–water partition coefficient (Wildman–Crippen LogP) is 0.435. The van der Waals surface area contributed by atoms with Gasteiger partial charge >= 0.3 is 0 Å². The topological polar surface area (TPSA) is 87.4 Å². The van der Waals surface area contributed by atoms with Gasteiger partial charge in [0.25, 0.3) is 0 Å². The van der Waals surface area contributed by atoms with Crippen LogP contribution in [0, 0.1) is 5.92 Å². The highest BCUT2D eigenvalue weighted by Crippen LogP contribution is 2.13. The highest BCUT2D eigenvalue weighted by molar-refractivity contribution is 5.84. The number of carbonyl (C=O) groups excluding carboxylic acids is 1. The summed E-state index contributed by atoms with van der Waals surface area (Å²) < 4.78 is 1.99. The summed E-state index contributed by atoms with van der Waals surface area (Å²) in [7, 11) is 3.48. The third-order valence-electron chi connectivity index (χ3n) is 4.11. The molecule has 1 unspecified atom stereocenters. The molecule has 0 spiro atoms. The van der Waals surface area contributed by atoms with E-state index in [0.29, 0.717) is 11.9 Å². The number of aliphatic imine (C=N–C) groups is 1. The van der Waals surface area contributed by atoms with E-state index < -0.39 is 0 Å². The molecule has 2 N–H and O–H groups in total. The molecular formula is C17H31N7O. The zero-order valence-corrected chi connectivity index (χ0v) is 16.0. The first-order chi connectivity index (χ1) is 11.9. The molecular weight excluding hydrogens is 318 g/mol. The standard InChI is InChI=1S/C17H31N7O/c1-6-14-21-15-8-7-13(11-24(15)22-14)20-17(18-9-12(2)3)19-10-16(25)23(4)5/h12-13H,6-11H2,1-5H3,(H2,18,19,20). The number of hydrogen-bond donors (Lipinski definition) is 2. The molecule has 1 aromatic heterocycles. The number of aromatic nitrogens is 3. The highest BCUT2D eigenvalue weighted by atomic mass is 16.2. The van der Waals surface area contributed by atoms with Crippen LogP contribution in [0.2, 0.25) is 0 Å². The number of hydrogen-bond acceptors (Lipinski definition) is 4. The molecule has 25 heavy (non-hydrogen) atoms. The normalized spacial score (nSPS) is 17.4. The summed E-state index contributed by atoms with van der Waals surface area (Å²) in [4.78, 5) is 22.4. The first-order valence-electron chi connectivity index (χ1n) is 9.06. The molecule has 0 bridgehead atoms. The second-order valence-electron chi connectivity index (χ2n) is 7.09. The predicted molar refractivity (Wildman–Crippen MR) is 98.5 cm³/mol. The minimum absolute atomic E-state index is 0.0135. The summed E-state index contributed by atoms with van der Waals surface area (Å²) in [5.41, 5.74) is 0. The highest BCUT2D eigenvalue weighted by Gasteiger charge is 2.22. The fraction of sp³-hybridized carbons (Fsp3) is 0.765. The summed E-state index contributed by atoms with van der Waals surface area (Å²) in [5.74, 6) is 3.14. The molecule has 0 saturated carbocycles. The molecule has 140 valence electrons.